The molecule has 0 radical (unpaired) electrons. The third kappa shape index (κ3) is 4.44. The van der Waals surface area contributed by atoms with E-state index in [9.17, 15) is 9.90 Å². The zero-order chi connectivity index (χ0) is 14.4. The molecule has 1 unspecified atom stereocenters. The maximum absolute atomic E-state index is 12.1. The SMILES string of the molecule is O=C(NC1CC[Se]SC1)/C(Cc1ccc(O)cc1)=N/O. The van der Waals surface area contributed by atoms with Crippen LogP contribution in [0.2, 0.25) is 5.32 Å². The predicted molar refractivity (Wildman–Crippen MR) is 80.6 cm³/mol. The number of oxime groups is 1. The molecule has 2 rings (SSSR count). The fraction of sp³-hybridized carbons (Fsp3) is 0.385. The molecule has 0 bridgehead atoms. The number of hydrogen-bond donors (Lipinski definition) is 3. The molecule has 1 fully saturated rings. The van der Waals surface area contributed by atoms with Crippen molar-refractivity contribution in [3.05, 3.63) is 29.8 Å². The van der Waals surface area contributed by atoms with Crippen molar-refractivity contribution in [2.24, 2.45) is 5.16 Å². The molecule has 1 aromatic rings. The second-order valence-electron chi connectivity index (χ2n) is 4.46. The Morgan fingerprint density at radius 2 is 2.20 bits per heavy atom. The second-order valence-corrected chi connectivity index (χ2v) is 9.08. The van der Waals surface area contributed by atoms with E-state index >= 15 is 0 Å². The van der Waals surface area contributed by atoms with Crippen molar-refractivity contribution in [3.8, 4) is 5.75 Å². The van der Waals surface area contributed by atoms with Crippen LogP contribution in [-0.4, -0.2) is 47.6 Å². The molecule has 1 aliphatic heterocycles. The Hall–Kier alpha value is -1.17. The molecule has 0 aliphatic carbocycles. The summed E-state index contributed by atoms with van der Waals surface area (Å²) in [5.74, 6) is 0.784. The van der Waals surface area contributed by atoms with Crippen LogP contribution in [0.1, 0.15) is 12.0 Å². The van der Waals surface area contributed by atoms with Gasteiger partial charge in [-0.05, 0) is 0 Å². The molecular formula is C13H16N2O3SSe. The number of hydrogen-bond acceptors (Lipinski definition) is 5. The van der Waals surface area contributed by atoms with E-state index in [-0.39, 0.29) is 29.8 Å². The van der Waals surface area contributed by atoms with Gasteiger partial charge < -0.3 is 0 Å². The Morgan fingerprint density at radius 3 is 2.80 bits per heavy atom. The predicted octanol–water partition coefficient (Wildman–Crippen LogP) is 1.42. The van der Waals surface area contributed by atoms with Gasteiger partial charge >= 0.3 is 127 Å². The van der Waals surface area contributed by atoms with E-state index in [4.69, 9.17) is 5.21 Å². The monoisotopic (exact) mass is 360 g/mol. The van der Waals surface area contributed by atoms with Crippen LogP contribution in [0.4, 0.5) is 0 Å². The first-order valence-electron chi connectivity index (χ1n) is 6.23. The summed E-state index contributed by atoms with van der Waals surface area (Å²) in [5.41, 5.74) is 0.906. The van der Waals surface area contributed by atoms with Gasteiger partial charge in [0.25, 0.3) is 0 Å². The van der Waals surface area contributed by atoms with E-state index in [1.807, 2.05) is 10.2 Å². The van der Waals surface area contributed by atoms with E-state index in [1.54, 1.807) is 24.3 Å². The van der Waals surface area contributed by atoms with Crippen LogP contribution >= 0.6 is 10.2 Å². The van der Waals surface area contributed by atoms with Crippen molar-refractivity contribution in [2.45, 2.75) is 24.2 Å². The van der Waals surface area contributed by atoms with Gasteiger partial charge in [-0.25, -0.2) is 0 Å². The van der Waals surface area contributed by atoms with E-state index in [2.05, 4.69) is 10.5 Å². The van der Waals surface area contributed by atoms with Crippen LogP contribution in [0.3, 0.4) is 0 Å². The molecular weight excluding hydrogens is 343 g/mol. The topological polar surface area (TPSA) is 81.9 Å². The fourth-order valence-electron chi connectivity index (χ4n) is 1.81. The van der Waals surface area contributed by atoms with Gasteiger partial charge in [0.1, 0.15) is 0 Å². The molecule has 1 aliphatic rings. The molecule has 1 atom stereocenters. The molecule has 0 aromatic heterocycles. The van der Waals surface area contributed by atoms with Gasteiger partial charge in [-0.15, -0.1) is 0 Å². The Morgan fingerprint density at radius 1 is 1.45 bits per heavy atom. The van der Waals surface area contributed by atoms with Crippen molar-refractivity contribution in [1.29, 1.82) is 0 Å². The van der Waals surface area contributed by atoms with Gasteiger partial charge in [-0.3, -0.25) is 0 Å². The first-order chi connectivity index (χ1) is 9.69. The van der Waals surface area contributed by atoms with Gasteiger partial charge in [0.15, 0.2) is 0 Å². The zero-order valence-electron chi connectivity index (χ0n) is 10.8. The molecule has 0 saturated carbocycles. The average molecular weight is 359 g/mol. The van der Waals surface area contributed by atoms with Crippen molar-refractivity contribution < 1.29 is 15.1 Å². The van der Waals surface area contributed by atoms with Crippen molar-refractivity contribution in [2.75, 3.05) is 5.75 Å². The number of nitrogens with zero attached hydrogens (tertiary/aromatic N) is 1. The molecule has 1 amide bonds. The molecule has 20 heavy (non-hydrogen) atoms. The summed E-state index contributed by atoms with van der Waals surface area (Å²) in [6, 6.07) is 6.66. The first-order valence-corrected chi connectivity index (χ1v) is 10.4. The van der Waals surface area contributed by atoms with E-state index in [0.29, 0.717) is 13.8 Å². The van der Waals surface area contributed by atoms with Crippen LogP contribution in [0.5, 0.6) is 5.75 Å². The summed E-state index contributed by atoms with van der Waals surface area (Å²) < 4.78 is 0. The summed E-state index contributed by atoms with van der Waals surface area (Å²) in [5, 5.41) is 25.4. The zero-order valence-corrected chi connectivity index (χ0v) is 13.3. The molecule has 3 N–H and O–H groups in total. The van der Waals surface area contributed by atoms with Gasteiger partial charge in [0.2, 0.25) is 0 Å². The Kier molecular flexibility index (Phi) is 5.76. The molecule has 5 nitrogen and oxygen atoms in total. The van der Waals surface area contributed by atoms with Crippen LogP contribution < -0.4 is 5.32 Å². The molecule has 1 heterocycles. The number of phenols is 1. The summed E-state index contributed by atoms with van der Waals surface area (Å²) in [4.78, 5) is 12.1. The molecule has 1 aromatic carbocycles. The van der Waals surface area contributed by atoms with Gasteiger partial charge in [-0.1, -0.05) is 0 Å². The number of nitrogens with one attached hydrogen (secondary N) is 1. The molecule has 1 saturated heterocycles. The van der Waals surface area contributed by atoms with Crippen LogP contribution in [0.15, 0.2) is 29.4 Å². The number of amides is 1. The van der Waals surface area contributed by atoms with E-state index in [1.165, 1.54) is 0 Å². The third-order valence-corrected chi connectivity index (χ3v) is 7.25. The number of carbonyl (C=O) groups excluding carboxylic acids is 1. The Balaban J connectivity index is 1.93. The number of aromatic hydroxyl groups is 1. The summed E-state index contributed by atoms with van der Waals surface area (Å²) in [6.45, 7) is 0. The number of rotatable bonds is 4. The normalized spacial score (nSPS) is 19.6. The summed E-state index contributed by atoms with van der Waals surface area (Å²) >= 11 is 0.640. The quantitative estimate of drug-likeness (QED) is 0.329. The molecule has 108 valence electrons. The fourth-order valence-corrected chi connectivity index (χ4v) is 6.12. The van der Waals surface area contributed by atoms with Gasteiger partial charge in [0.05, 0.1) is 0 Å². The minimum atomic E-state index is -0.319. The Labute approximate surface area is 127 Å². The average Bonchev–Trinajstić information content (AvgIpc) is 2.47. The number of phenolic OH excluding ortho intramolecular Hbond substituents is 1. The van der Waals surface area contributed by atoms with Crippen molar-refractivity contribution in [3.63, 3.8) is 0 Å². The van der Waals surface area contributed by atoms with Crippen LogP contribution in [0.25, 0.3) is 0 Å². The molecule has 0 spiro atoms. The van der Waals surface area contributed by atoms with E-state index < -0.39 is 0 Å². The van der Waals surface area contributed by atoms with Crippen molar-refractivity contribution in [1.82, 2.24) is 5.32 Å². The van der Waals surface area contributed by atoms with Crippen LogP contribution in [0, 0.1) is 0 Å². The first kappa shape index (κ1) is 15.2. The summed E-state index contributed by atoms with van der Waals surface area (Å²) in [6.07, 6.45) is 1.24. The van der Waals surface area contributed by atoms with Crippen molar-refractivity contribution >= 4 is 35.6 Å². The molecule has 7 heteroatoms. The second kappa shape index (κ2) is 7.57. The third-order valence-electron chi connectivity index (χ3n) is 2.93. The number of benzene rings is 1. The Bertz CT molecular complexity index is 487. The maximum atomic E-state index is 12.1. The minimum absolute atomic E-state index is 0.0942. The standard InChI is InChI=1S/C13H16N2O3SSe/c16-11-3-1-9(2-4-11)7-12(15-18)13(17)14-10-5-6-20-19-8-10/h1-4,10,16,18H,5-8H2,(H,14,17)/b15-12+. The summed E-state index contributed by atoms with van der Waals surface area (Å²) in [7, 11) is 1.89. The van der Waals surface area contributed by atoms with E-state index in [0.717, 1.165) is 23.1 Å². The van der Waals surface area contributed by atoms with Crippen LogP contribution in [-0.2, 0) is 11.2 Å². The number of carbonyl (C=O) groups is 1. The van der Waals surface area contributed by atoms with Gasteiger partial charge in [0, 0.05) is 0 Å². The van der Waals surface area contributed by atoms with Gasteiger partial charge in [-0.2, -0.15) is 0 Å².